The summed E-state index contributed by atoms with van der Waals surface area (Å²) in [6.45, 7) is 0.156. The number of hydrogen-bond donors (Lipinski definition) is 0. The first-order chi connectivity index (χ1) is 8.06. The van der Waals surface area contributed by atoms with E-state index in [2.05, 4.69) is 5.10 Å². The van der Waals surface area contributed by atoms with E-state index in [4.69, 9.17) is 11.6 Å². The first-order valence-electron chi connectivity index (χ1n) is 4.82. The van der Waals surface area contributed by atoms with Gasteiger partial charge in [-0.3, -0.25) is 0 Å². The molecule has 0 bridgehead atoms. The topological polar surface area (TPSA) is 17.8 Å². The molecule has 0 radical (unpaired) electrons. The standard InChI is InChI=1S/C11H8ClF3N2/c12-10-5-9(11(14)15)16-17(10)6-7-2-1-3-8(13)4-7/h1-5,11H,6H2. The van der Waals surface area contributed by atoms with Gasteiger partial charge in [0.1, 0.15) is 16.7 Å². The molecule has 90 valence electrons. The molecule has 2 aromatic rings. The second kappa shape index (κ2) is 4.79. The van der Waals surface area contributed by atoms with Crippen molar-refractivity contribution in [1.29, 1.82) is 0 Å². The van der Waals surface area contributed by atoms with E-state index in [1.807, 2.05) is 0 Å². The minimum Gasteiger partial charge on any atom is -0.249 e. The second-order valence-corrected chi connectivity index (χ2v) is 3.87. The highest BCUT2D eigenvalue weighted by molar-refractivity contribution is 6.29. The number of nitrogens with zero attached hydrogens (tertiary/aromatic N) is 2. The van der Waals surface area contributed by atoms with Gasteiger partial charge >= 0.3 is 0 Å². The van der Waals surface area contributed by atoms with Crippen molar-refractivity contribution in [1.82, 2.24) is 9.78 Å². The molecule has 1 aromatic carbocycles. The monoisotopic (exact) mass is 260 g/mol. The van der Waals surface area contributed by atoms with Gasteiger partial charge in [-0.2, -0.15) is 5.10 Å². The predicted octanol–water partition coefficient (Wildman–Crippen LogP) is 3.66. The molecule has 6 heteroatoms. The summed E-state index contributed by atoms with van der Waals surface area (Å²) in [7, 11) is 0. The molecule has 0 saturated carbocycles. The summed E-state index contributed by atoms with van der Waals surface area (Å²) in [5, 5.41) is 3.75. The van der Waals surface area contributed by atoms with E-state index in [0.29, 0.717) is 5.56 Å². The highest BCUT2D eigenvalue weighted by atomic mass is 35.5. The lowest BCUT2D eigenvalue weighted by Crippen LogP contribution is -2.03. The third-order valence-electron chi connectivity index (χ3n) is 2.19. The first kappa shape index (κ1) is 12.0. The largest absolute Gasteiger partial charge is 0.282 e. The van der Waals surface area contributed by atoms with Crippen LogP contribution < -0.4 is 0 Å². The molecule has 2 rings (SSSR count). The van der Waals surface area contributed by atoms with Gasteiger partial charge in [-0.15, -0.1) is 0 Å². The highest BCUT2D eigenvalue weighted by Gasteiger charge is 2.14. The van der Waals surface area contributed by atoms with Crippen LogP contribution in [0.5, 0.6) is 0 Å². The molecule has 0 saturated heterocycles. The average molecular weight is 261 g/mol. The lowest BCUT2D eigenvalue weighted by atomic mass is 10.2. The van der Waals surface area contributed by atoms with Crippen molar-refractivity contribution in [3.8, 4) is 0 Å². The van der Waals surface area contributed by atoms with Gasteiger partial charge in [0, 0.05) is 6.07 Å². The Labute approximate surface area is 101 Å². The first-order valence-corrected chi connectivity index (χ1v) is 5.20. The molecule has 0 spiro atoms. The lowest BCUT2D eigenvalue weighted by Gasteiger charge is -2.03. The van der Waals surface area contributed by atoms with Gasteiger partial charge in [0.15, 0.2) is 0 Å². The number of rotatable bonds is 3. The van der Waals surface area contributed by atoms with Crippen LogP contribution in [-0.2, 0) is 6.54 Å². The third kappa shape index (κ3) is 2.79. The Morgan fingerprint density at radius 1 is 1.29 bits per heavy atom. The van der Waals surface area contributed by atoms with Gasteiger partial charge in [-0.1, -0.05) is 23.7 Å². The Hall–Kier alpha value is -1.49. The number of benzene rings is 1. The molecule has 0 aliphatic heterocycles. The maximum absolute atomic E-state index is 12.9. The summed E-state index contributed by atoms with van der Waals surface area (Å²) >= 11 is 5.75. The Kier molecular flexibility index (Phi) is 3.38. The minimum atomic E-state index is -2.67. The van der Waals surface area contributed by atoms with E-state index in [1.54, 1.807) is 6.07 Å². The second-order valence-electron chi connectivity index (χ2n) is 3.48. The zero-order valence-corrected chi connectivity index (χ0v) is 9.33. The molecule has 0 aliphatic rings. The van der Waals surface area contributed by atoms with Gasteiger partial charge in [-0.05, 0) is 17.7 Å². The van der Waals surface area contributed by atoms with E-state index < -0.39 is 6.43 Å². The van der Waals surface area contributed by atoms with Crippen LogP contribution in [0.1, 0.15) is 17.7 Å². The van der Waals surface area contributed by atoms with Crippen molar-refractivity contribution in [3.05, 3.63) is 52.6 Å². The van der Waals surface area contributed by atoms with E-state index >= 15 is 0 Å². The zero-order chi connectivity index (χ0) is 12.4. The Bertz CT molecular complexity index is 525. The molecule has 0 fully saturated rings. The van der Waals surface area contributed by atoms with Gasteiger partial charge < -0.3 is 0 Å². The van der Waals surface area contributed by atoms with E-state index in [9.17, 15) is 13.2 Å². The van der Waals surface area contributed by atoms with Crippen molar-refractivity contribution in [2.75, 3.05) is 0 Å². The van der Waals surface area contributed by atoms with E-state index in [0.717, 1.165) is 6.07 Å². The SMILES string of the molecule is Fc1cccc(Cn2nc(C(F)F)cc2Cl)c1. The maximum Gasteiger partial charge on any atom is 0.282 e. The fourth-order valence-corrected chi connectivity index (χ4v) is 1.65. The molecule has 0 aliphatic carbocycles. The summed E-state index contributed by atoms with van der Waals surface area (Å²) in [6.07, 6.45) is -2.67. The van der Waals surface area contributed by atoms with Gasteiger partial charge in [0.2, 0.25) is 0 Å². The summed E-state index contributed by atoms with van der Waals surface area (Å²) in [5.41, 5.74) is 0.224. The van der Waals surface area contributed by atoms with Crippen LogP contribution in [-0.4, -0.2) is 9.78 Å². The quantitative estimate of drug-likeness (QED) is 0.823. The van der Waals surface area contributed by atoms with Crippen molar-refractivity contribution >= 4 is 11.6 Å². The number of alkyl halides is 2. The molecule has 17 heavy (non-hydrogen) atoms. The molecular weight excluding hydrogens is 253 g/mol. The molecule has 0 atom stereocenters. The number of hydrogen-bond acceptors (Lipinski definition) is 1. The highest BCUT2D eigenvalue weighted by Crippen LogP contribution is 2.21. The van der Waals surface area contributed by atoms with Crippen molar-refractivity contribution in [2.45, 2.75) is 13.0 Å². The van der Waals surface area contributed by atoms with Gasteiger partial charge in [-0.25, -0.2) is 17.9 Å². The Morgan fingerprint density at radius 3 is 2.65 bits per heavy atom. The normalized spacial score (nSPS) is 11.1. The number of halogens is 4. The molecule has 0 amide bonds. The lowest BCUT2D eigenvalue weighted by molar-refractivity contribution is 0.145. The smallest absolute Gasteiger partial charge is 0.249 e. The maximum atomic E-state index is 12.9. The molecule has 0 unspecified atom stereocenters. The molecule has 2 nitrogen and oxygen atoms in total. The summed E-state index contributed by atoms with van der Waals surface area (Å²) in [4.78, 5) is 0. The van der Waals surface area contributed by atoms with Crippen LogP contribution in [0.15, 0.2) is 30.3 Å². The van der Waals surface area contributed by atoms with Crippen molar-refractivity contribution in [3.63, 3.8) is 0 Å². The fraction of sp³-hybridized carbons (Fsp3) is 0.182. The van der Waals surface area contributed by atoms with Crippen LogP contribution in [0.2, 0.25) is 5.15 Å². The van der Waals surface area contributed by atoms with Crippen LogP contribution in [0.25, 0.3) is 0 Å². The average Bonchev–Trinajstić information content (AvgIpc) is 2.61. The zero-order valence-electron chi connectivity index (χ0n) is 8.58. The Morgan fingerprint density at radius 2 is 2.06 bits per heavy atom. The molecule has 0 N–H and O–H groups in total. The van der Waals surface area contributed by atoms with Crippen LogP contribution in [0, 0.1) is 5.82 Å². The molecular formula is C11H8ClF3N2. The molecule has 1 aromatic heterocycles. The van der Waals surface area contributed by atoms with Gasteiger partial charge in [0.25, 0.3) is 6.43 Å². The van der Waals surface area contributed by atoms with Crippen LogP contribution >= 0.6 is 11.6 Å². The van der Waals surface area contributed by atoms with Crippen LogP contribution in [0.4, 0.5) is 13.2 Å². The predicted molar refractivity (Wildman–Crippen MR) is 57.7 cm³/mol. The third-order valence-corrected chi connectivity index (χ3v) is 2.50. The van der Waals surface area contributed by atoms with Crippen LogP contribution in [0.3, 0.4) is 0 Å². The summed E-state index contributed by atoms with van der Waals surface area (Å²) in [5.74, 6) is -0.389. The van der Waals surface area contributed by atoms with E-state index in [1.165, 1.54) is 22.9 Å². The molecule has 1 heterocycles. The summed E-state index contributed by atoms with van der Waals surface area (Å²) < 4.78 is 38.9. The van der Waals surface area contributed by atoms with E-state index in [-0.39, 0.29) is 23.2 Å². The van der Waals surface area contributed by atoms with Crippen molar-refractivity contribution < 1.29 is 13.2 Å². The minimum absolute atomic E-state index is 0.101. The van der Waals surface area contributed by atoms with Gasteiger partial charge in [0.05, 0.1) is 6.54 Å². The summed E-state index contributed by atoms with van der Waals surface area (Å²) in [6, 6.07) is 6.92. The van der Waals surface area contributed by atoms with Crippen molar-refractivity contribution in [2.24, 2.45) is 0 Å². The fourth-order valence-electron chi connectivity index (χ4n) is 1.44. The Balaban J connectivity index is 2.24. The number of aromatic nitrogens is 2.